The van der Waals surface area contributed by atoms with Crippen LogP contribution in [0.3, 0.4) is 0 Å². The molecule has 1 aromatic rings. The van der Waals surface area contributed by atoms with Crippen LogP contribution in [0.1, 0.15) is 24.9 Å². The quantitative estimate of drug-likeness (QED) is 0.870. The van der Waals surface area contributed by atoms with Gasteiger partial charge in [-0.15, -0.1) is 12.4 Å². The Morgan fingerprint density at radius 1 is 1.44 bits per heavy atom. The van der Waals surface area contributed by atoms with Crippen molar-refractivity contribution >= 4 is 30.0 Å². The SMILES string of the molecule is CCOC(=O)C[C@H](N)c1c(F)cc(Cl)cc1F.Cl. The molecular formula is C11H13Cl2F2NO2. The molecule has 1 rings (SSSR count). The number of carbonyl (C=O) groups excluding carboxylic acids is 1. The van der Waals surface area contributed by atoms with Crippen molar-refractivity contribution in [3.05, 3.63) is 34.4 Å². The minimum Gasteiger partial charge on any atom is -0.466 e. The highest BCUT2D eigenvalue weighted by molar-refractivity contribution is 6.30. The van der Waals surface area contributed by atoms with Crippen molar-refractivity contribution in [3.63, 3.8) is 0 Å². The van der Waals surface area contributed by atoms with E-state index in [2.05, 4.69) is 4.74 Å². The van der Waals surface area contributed by atoms with Crippen LogP contribution in [0.5, 0.6) is 0 Å². The Hall–Kier alpha value is -0.910. The van der Waals surface area contributed by atoms with E-state index in [1.165, 1.54) is 0 Å². The van der Waals surface area contributed by atoms with Crippen LogP contribution in [0.4, 0.5) is 8.78 Å². The third kappa shape index (κ3) is 4.40. The first-order valence-electron chi connectivity index (χ1n) is 5.01. The Morgan fingerprint density at radius 3 is 2.39 bits per heavy atom. The van der Waals surface area contributed by atoms with E-state index in [9.17, 15) is 13.6 Å². The molecule has 1 atom stereocenters. The first-order valence-corrected chi connectivity index (χ1v) is 5.39. The fourth-order valence-corrected chi connectivity index (χ4v) is 1.60. The van der Waals surface area contributed by atoms with Gasteiger partial charge in [0.25, 0.3) is 0 Å². The third-order valence-electron chi connectivity index (χ3n) is 2.11. The predicted molar refractivity (Wildman–Crippen MR) is 66.8 cm³/mol. The number of benzene rings is 1. The highest BCUT2D eigenvalue weighted by atomic mass is 35.5. The average molecular weight is 300 g/mol. The normalized spacial score (nSPS) is 11.6. The largest absolute Gasteiger partial charge is 0.466 e. The fraction of sp³-hybridized carbons (Fsp3) is 0.364. The lowest BCUT2D eigenvalue weighted by Gasteiger charge is -2.13. The molecule has 7 heteroatoms. The van der Waals surface area contributed by atoms with E-state index in [-0.39, 0.29) is 36.0 Å². The summed E-state index contributed by atoms with van der Waals surface area (Å²) < 4.78 is 31.5. The smallest absolute Gasteiger partial charge is 0.307 e. The average Bonchev–Trinajstić information content (AvgIpc) is 2.15. The molecule has 3 nitrogen and oxygen atoms in total. The van der Waals surface area contributed by atoms with Crippen molar-refractivity contribution in [2.75, 3.05) is 6.61 Å². The second-order valence-corrected chi connectivity index (χ2v) is 3.84. The summed E-state index contributed by atoms with van der Waals surface area (Å²) in [6.07, 6.45) is -0.288. The van der Waals surface area contributed by atoms with Crippen LogP contribution in [0.2, 0.25) is 5.02 Å². The van der Waals surface area contributed by atoms with Gasteiger partial charge in [0.05, 0.1) is 13.0 Å². The monoisotopic (exact) mass is 299 g/mol. The maximum Gasteiger partial charge on any atom is 0.307 e. The van der Waals surface area contributed by atoms with Gasteiger partial charge in [0.1, 0.15) is 11.6 Å². The van der Waals surface area contributed by atoms with E-state index in [1.807, 2.05) is 0 Å². The van der Waals surface area contributed by atoms with Crippen molar-refractivity contribution in [1.82, 2.24) is 0 Å². The molecule has 0 heterocycles. The molecule has 0 aliphatic heterocycles. The number of esters is 1. The Balaban J connectivity index is 0.00000289. The van der Waals surface area contributed by atoms with E-state index in [1.54, 1.807) is 6.92 Å². The highest BCUT2D eigenvalue weighted by Gasteiger charge is 2.20. The Morgan fingerprint density at radius 2 is 1.94 bits per heavy atom. The minimum atomic E-state index is -1.09. The summed E-state index contributed by atoms with van der Waals surface area (Å²) in [6.45, 7) is 1.82. The number of halogens is 4. The van der Waals surface area contributed by atoms with Gasteiger partial charge in [0.2, 0.25) is 0 Å². The third-order valence-corrected chi connectivity index (χ3v) is 2.32. The lowest BCUT2D eigenvalue weighted by atomic mass is 10.0. The molecule has 18 heavy (non-hydrogen) atoms. The Kier molecular flexibility index (Phi) is 7.13. The molecule has 0 saturated carbocycles. The van der Waals surface area contributed by atoms with Gasteiger partial charge in [-0.1, -0.05) is 11.6 Å². The summed E-state index contributed by atoms with van der Waals surface area (Å²) in [5.74, 6) is -2.34. The summed E-state index contributed by atoms with van der Waals surface area (Å²) in [4.78, 5) is 11.1. The molecule has 0 spiro atoms. The fourth-order valence-electron chi connectivity index (χ4n) is 1.41. The van der Waals surface area contributed by atoms with Crippen molar-refractivity contribution in [2.45, 2.75) is 19.4 Å². The van der Waals surface area contributed by atoms with E-state index in [4.69, 9.17) is 17.3 Å². The Labute approximate surface area is 115 Å². The molecule has 0 amide bonds. The second kappa shape index (κ2) is 7.51. The van der Waals surface area contributed by atoms with Crippen molar-refractivity contribution in [3.8, 4) is 0 Å². The van der Waals surface area contributed by atoms with Crippen LogP contribution < -0.4 is 5.73 Å². The topological polar surface area (TPSA) is 52.3 Å². The van der Waals surface area contributed by atoms with Gasteiger partial charge in [-0.2, -0.15) is 0 Å². The number of hydrogen-bond acceptors (Lipinski definition) is 3. The van der Waals surface area contributed by atoms with E-state index >= 15 is 0 Å². The molecular weight excluding hydrogens is 287 g/mol. The molecule has 0 radical (unpaired) electrons. The maximum absolute atomic E-state index is 13.4. The first kappa shape index (κ1) is 17.1. The molecule has 0 aliphatic carbocycles. The van der Waals surface area contributed by atoms with E-state index < -0.39 is 23.6 Å². The maximum atomic E-state index is 13.4. The van der Waals surface area contributed by atoms with Gasteiger partial charge >= 0.3 is 5.97 Å². The molecule has 0 bridgehead atoms. The lowest BCUT2D eigenvalue weighted by molar-refractivity contribution is -0.143. The zero-order valence-electron chi connectivity index (χ0n) is 9.58. The summed E-state index contributed by atoms with van der Waals surface area (Å²) in [7, 11) is 0. The Bertz CT molecular complexity index is 406. The number of hydrogen-bond donors (Lipinski definition) is 1. The summed E-state index contributed by atoms with van der Waals surface area (Å²) in [5.41, 5.74) is 5.20. The van der Waals surface area contributed by atoms with Crippen molar-refractivity contribution in [2.24, 2.45) is 5.73 Å². The van der Waals surface area contributed by atoms with Crippen LogP contribution in [0, 0.1) is 11.6 Å². The molecule has 0 fully saturated rings. The second-order valence-electron chi connectivity index (χ2n) is 3.40. The van der Waals surface area contributed by atoms with Crippen LogP contribution >= 0.6 is 24.0 Å². The lowest BCUT2D eigenvalue weighted by Crippen LogP contribution is -2.19. The van der Waals surface area contributed by atoms with Crippen molar-refractivity contribution in [1.29, 1.82) is 0 Å². The van der Waals surface area contributed by atoms with Gasteiger partial charge in [0.15, 0.2) is 0 Å². The molecule has 0 aromatic heterocycles. The molecule has 0 unspecified atom stereocenters. The van der Waals surface area contributed by atoms with E-state index in [0.717, 1.165) is 12.1 Å². The van der Waals surface area contributed by atoms with Gasteiger partial charge in [0, 0.05) is 16.6 Å². The van der Waals surface area contributed by atoms with Crippen LogP contribution in [0.15, 0.2) is 12.1 Å². The molecule has 1 aromatic carbocycles. The molecule has 0 saturated heterocycles. The number of carbonyl (C=O) groups is 1. The first-order chi connectivity index (χ1) is 7.95. The molecule has 102 valence electrons. The zero-order chi connectivity index (χ0) is 13.0. The number of nitrogens with two attached hydrogens (primary N) is 1. The van der Waals surface area contributed by atoms with Crippen LogP contribution in [-0.2, 0) is 9.53 Å². The summed E-state index contributed by atoms with van der Waals surface area (Å²) >= 11 is 5.47. The number of ether oxygens (including phenoxy) is 1. The number of rotatable bonds is 4. The summed E-state index contributed by atoms with van der Waals surface area (Å²) in [5, 5.41) is -0.0629. The minimum absolute atomic E-state index is 0. The standard InChI is InChI=1S/C11H12ClF2NO2.ClH/c1-2-17-10(16)5-9(15)11-7(13)3-6(12)4-8(11)14;/h3-4,9H,2,5,15H2,1H3;1H/t9-;/m0./s1. The van der Waals surface area contributed by atoms with Gasteiger partial charge in [-0.25, -0.2) is 8.78 Å². The van der Waals surface area contributed by atoms with Crippen LogP contribution in [-0.4, -0.2) is 12.6 Å². The predicted octanol–water partition coefficient (Wildman–Crippen LogP) is 2.99. The molecule has 2 N–H and O–H groups in total. The zero-order valence-corrected chi connectivity index (χ0v) is 11.2. The summed E-state index contributed by atoms with van der Waals surface area (Å²) in [6, 6.07) is 0.807. The van der Waals surface area contributed by atoms with Crippen LogP contribution in [0.25, 0.3) is 0 Å². The van der Waals surface area contributed by atoms with Gasteiger partial charge < -0.3 is 10.5 Å². The van der Waals surface area contributed by atoms with Gasteiger partial charge in [-0.05, 0) is 19.1 Å². The van der Waals surface area contributed by atoms with Crippen molar-refractivity contribution < 1.29 is 18.3 Å². The van der Waals surface area contributed by atoms with Gasteiger partial charge in [-0.3, -0.25) is 4.79 Å². The highest BCUT2D eigenvalue weighted by Crippen LogP contribution is 2.25. The van der Waals surface area contributed by atoms with E-state index in [0.29, 0.717) is 0 Å². The molecule has 0 aliphatic rings.